The molecule has 2 aromatic heterocycles. The van der Waals surface area contributed by atoms with Crippen LogP contribution in [0.1, 0.15) is 16.1 Å². The molecule has 3 rings (SSSR count). The van der Waals surface area contributed by atoms with Crippen molar-refractivity contribution in [2.24, 2.45) is 0 Å². The highest BCUT2D eigenvalue weighted by molar-refractivity contribution is 14.1. The van der Waals surface area contributed by atoms with Crippen LogP contribution >= 0.6 is 22.6 Å². The second-order valence-electron chi connectivity index (χ2n) is 4.69. The van der Waals surface area contributed by atoms with Crippen LogP contribution in [0.4, 0.5) is 15.8 Å². The number of hydrogen-bond acceptors (Lipinski definition) is 5. The predicted octanol–water partition coefficient (Wildman–Crippen LogP) is 3.51. The van der Waals surface area contributed by atoms with Crippen molar-refractivity contribution < 1.29 is 23.8 Å². The lowest BCUT2D eigenvalue weighted by molar-refractivity contribution is 0.0666. The number of hydrogen-bond donors (Lipinski definition) is 3. The van der Waals surface area contributed by atoms with Gasteiger partial charge in [-0.3, -0.25) is 4.98 Å². The summed E-state index contributed by atoms with van der Waals surface area (Å²) in [6, 6.07) is 4.51. The first-order valence-electron chi connectivity index (χ1n) is 6.47. The Morgan fingerprint density at radius 3 is 2.83 bits per heavy atom. The molecule has 0 spiro atoms. The number of aliphatic hydroxyl groups is 1. The molecule has 0 aliphatic carbocycles. The number of carboxylic acids is 1. The summed E-state index contributed by atoms with van der Waals surface area (Å²) in [5, 5.41) is 21.7. The van der Waals surface area contributed by atoms with E-state index in [4.69, 9.17) is 4.42 Å². The quantitative estimate of drug-likeness (QED) is 0.551. The van der Waals surface area contributed by atoms with Crippen LogP contribution in [0, 0.1) is 9.39 Å². The van der Waals surface area contributed by atoms with E-state index >= 15 is 0 Å². The molecule has 0 unspecified atom stereocenters. The van der Waals surface area contributed by atoms with Crippen LogP contribution in [0.2, 0.25) is 0 Å². The number of benzene rings is 1. The van der Waals surface area contributed by atoms with E-state index in [9.17, 15) is 19.4 Å². The Hall–Kier alpha value is -2.20. The summed E-state index contributed by atoms with van der Waals surface area (Å²) in [4.78, 5) is 15.4. The van der Waals surface area contributed by atoms with E-state index in [1.807, 2.05) is 22.6 Å². The van der Waals surface area contributed by atoms with Crippen LogP contribution in [0.5, 0.6) is 0 Å². The molecule has 0 amide bonds. The van der Waals surface area contributed by atoms with E-state index in [2.05, 4.69) is 10.3 Å². The number of fused-ring (bicyclic) bond motifs is 1. The van der Waals surface area contributed by atoms with Crippen LogP contribution in [0.15, 0.2) is 35.0 Å². The van der Waals surface area contributed by atoms with Crippen molar-refractivity contribution in [3.8, 4) is 0 Å². The fourth-order valence-corrected chi connectivity index (χ4v) is 2.63. The third kappa shape index (κ3) is 2.86. The van der Waals surface area contributed by atoms with Gasteiger partial charge in [-0.2, -0.15) is 0 Å². The molecule has 2 heterocycles. The standard InChI is InChI=1S/C15H10FIN2O4/c16-10-3-8(17)1-2-11(10)19-12-9-5-18-4-7(6-20)13(9)23-14(12)15(21)22/h1-5,19-20H,6H2,(H,21,22). The van der Waals surface area contributed by atoms with Gasteiger partial charge in [0, 0.05) is 21.5 Å². The number of carbonyl (C=O) groups is 1. The van der Waals surface area contributed by atoms with Gasteiger partial charge in [0.2, 0.25) is 5.76 Å². The minimum Gasteiger partial charge on any atom is -0.475 e. The lowest BCUT2D eigenvalue weighted by Gasteiger charge is -2.07. The zero-order valence-corrected chi connectivity index (χ0v) is 13.7. The van der Waals surface area contributed by atoms with E-state index in [1.165, 1.54) is 24.5 Å². The zero-order valence-electron chi connectivity index (χ0n) is 11.5. The molecule has 6 nitrogen and oxygen atoms in total. The molecule has 23 heavy (non-hydrogen) atoms. The number of aliphatic hydroxyl groups excluding tert-OH is 1. The zero-order chi connectivity index (χ0) is 16.6. The number of aromatic nitrogens is 1. The SMILES string of the molecule is O=C(O)c1oc2c(CO)cncc2c1Nc1ccc(I)cc1F. The number of pyridine rings is 1. The molecule has 0 radical (unpaired) electrons. The van der Waals surface area contributed by atoms with Crippen LogP contribution in [-0.2, 0) is 6.61 Å². The summed E-state index contributed by atoms with van der Waals surface area (Å²) in [7, 11) is 0. The Bertz CT molecular complexity index is 910. The lowest BCUT2D eigenvalue weighted by atomic mass is 10.2. The fraction of sp³-hybridized carbons (Fsp3) is 0.0667. The molecule has 0 atom stereocenters. The molecule has 118 valence electrons. The molecule has 3 aromatic rings. The first-order valence-corrected chi connectivity index (χ1v) is 7.54. The highest BCUT2D eigenvalue weighted by atomic mass is 127. The maximum absolute atomic E-state index is 14.0. The molecular formula is C15H10FIN2O4. The summed E-state index contributed by atoms with van der Waals surface area (Å²) in [6.07, 6.45) is 2.78. The second kappa shape index (κ2) is 6.13. The van der Waals surface area contributed by atoms with Gasteiger partial charge < -0.3 is 19.9 Å². The van der Waals surface area contributed by atoms with Gasteiger partial charge >= 0.3 is 5.97 Å². The van der Waals surface area contributed by atoms with Gasteiger partial charge in [0.05, 0.1) is 17.7 Å². The van der Waals surface area contributed by atoms with E-state index in [0.717, 1.165) is 0 Å². The smallest absolute Gasteiger partial charge is 0.374 e. The number of furan rings is 1. The van der Waals surface area contributed by atoms with E-state index < -0.39 is 11.8 Å². The summed E-state index contributed by atoms with van der Waals surface area (Å²) in [5.74, 6) is -2.20. The molecule has 0 saturated carbocycles. The van der Waals surface area contributed by atoms with Crippen molar-refractivity contribution in [3.05, 3.63) is 51.3 Å². The van der Waals surface area contributed by atoms with Crippen LogP contribution in [0.3, 0.4) is 0 Å². The molecule has 0 saturated heterocycles. The number of rotatable bonds is 4. The Balaban J connectivity index is 2.19. The molecule has 0 aliphatic heterocycles. The highest BCUT2D eigenvalue weighted by Gasteiger charge is 2.23. The van der Waals surface area contributed by atoms with Crippen LogP contribution in [-0.4, -0.2) is 21.2 Å². The van der Waals surface area contributed by atoms with E-state index in [-0.39, 0.29) is 29.3 Å². The normalized spacial score (nSPS) is 10.9. The Morgan fingerprint density at radius 2 is 2.17 bits per heavy atom. The molecular weight excluding hydrogens is 418 g/mol. The fourth-order valence-electron chi connectivity index (χ4n) is 2.18. The molecule has 1 aromatic carbocycles. The number of nitrogens with zero attached hydrogens (tertiary/aromatic N) is 1. The minimum absolute atomic E-state index is 0.0930. The number of nitrogens with one attached hydrogen (secondary N) is 1. The van der Waals surface area contributed by atoms with E-state index in [1.54, 1.807) is 6.07 Å². The third-order valence-electron chi connectivity index (χ3n) is 3.23. The maximum Gasteiger partial charge on any atom is 0.374 e. The van der Waals surface area contributed by atoms with Gasteiger partial charge in [0.25, 0.3) is 0 Å². The van der Waals surface area contributed by atoms with Crippen molar-refractivity contribution in [1.82, 2.24) is 4.98 Å². The van der Waals surface area contributed by atoms with Gasteiger partial charge in [0.1, 0.15) is 17.1 Å². The summed E-state index contributed by atoms with van der Waals surface area (Å²) < 4.78 is 20.1. The summed E-state index contributed by atoms with van der Waals surface area (Å²) in [5.41, 5.74) is 0.759. The Morgan fingerprint density at radius 1 is 1.39 bits per heavy atom. The van der Waals surface area contributed by atoms with Crippen molar-refractivity contribution in [1.29, 1.82) is 0 Å². The topological polar surface area (TPSA) is 95.6 Å². The number of carboxylic acid groups (broad SMARTS) is 1. The maximum atomic E-state index is 14.0. The largest absolute Gasteiger partial charge is 0.475 e. The van der Waals surface area contributed by atoms with Crippen molar-refractivity contribution in [2.75, 3.05) is 5.32 Å². The molecule has 0 fully saturated rings. The second-order valence-corrected chi connectivity index (χ2v) is 5.94. The van der Waals surface area contributed by atoms with Crippen molar-refractivity contribution >= 4 is 50.9 Å². The summed E-state index contributed by atoms with van der Waals surface area (Å²) in [6.45, 7) is -0.353. The van der Waals surface area contributed by atoms with Crippen LogP contribution in [0.25, 0.3) is 11.0 Å². The number of anilines is 2. The summed E-state index contributed by atoms with van der Waals surface area (Å²) >= 11 is 1.97. The average molecular weight is 428 g/mol. The minimum atomic E-state index is -1.31. The van der Waals surface area contributed by atoms with Gasteiger partial charge in [-0.15, -0.1) is 0 Å². The van der Waals surface area contributed by atoms with Crippen molar-refractivity contribution in [3.63, 3.8) is 0 Å². The average Bonchev–Trinajstić information content (AvgIpc) is 2.89. The third-order valence-corrected chi connectivity index (χ3v) is 3.90. The Labute approximate surface area is 143 Å². The van der Waals surface area contributed by atoms with Crippen molar-refractivity contribution in [2.45, 2.75) is 6.61 Å². The number of aromatic carboxylic acids is 1. The lowest BCUT2D eigenvalue weighted by Crippen LogP contribution is -2.01. The highest BCUT2D eigenvalue weighted by Crippen LogP contribution is 2.35. The van der Waals surface area contributed by atoms with E-state index in [0.29, 0.717) is 14.5 Å². The molecule has 8 heteroatoms. The Kier molecular flexibility index (Phi) is 4.18. The van der Waals surface area contributed by atoms with Crippen LogP contribution < -0.4 is 5.32 Å². The van der Waals surface area contributed by atoms with Gasteiger partial charge in [0.15, 0.2) is 0 Å². The monoisotopic (exact) mass is 428 g/mol. The molecule has 0 bridgehead atoms. The first kappa shape index (κ1) is 15.7. The molecule has 3 N–H and O–H groups in total. The van der Waals surface area contributed by atoms with Gasteiger partial charge in [-0.1, -0.05) is 0 Å². The molecule has 0 aliphatic rings. The first-order chi connectivity index (χ1) is 11.0. The van der Waals surface area contributed by atoms with Gasteiger partial charge in [-0.05, 0) is 40.8 Å². The predicted molar refractivity (Wildman–Crippen MR) is 89.3 cm³/mol. The number of halogens is 2. The van der Waals surface area contributed by atoms with Gasteiger partial charge in [-0.25, -0.2) is 9.18 Å².